The zero-order valence-electron chi connectivity index (χ0n) is 9.77. The van der Waals surface area contributed by atoms with Gasteiger partial charge < -0.3 is 10.6 Å². The van der Waals surface area contributed by atoms with Gasteiger partial charge in [-0.3, -0.25) is 0 Å². The molecule has 15 heavy (non-hydrogen) atoms. The maximum Gasteiger partial charge on any atom is 0.224 e. The van der Waals surface area contributed by atoms with Crippen LogP contribution < -0.4 is 10.6 Å². The number of rotatable bonds is 5. The number of aromatic nitrogens is 2. The predicted octanol–water partition coefficient (Wildman–Crippen LogP) is 1.21. The lowest BCUT2D eigenvalue weighted by atomic mass is 10.1. The van der Waals surface area contributed by atoms with Crippen LogP contribution >= 0.6 is 0 Å². The van der Waals surface area contributed by atoms with E-state index in [2.05, 4.69) is 16.9 Å². The lowest BCUT2D eigenvalue weighted by molar-refractivity contribution is 0.592. The van der Waals surface area contributed by atoms with Crippen LogP contribution in [0.2, 0.25) is 0 Å². The lowest BCUT2D eigenvalue weighted by Gasteiger charge is -2.13. The Morgan fingerprint density at radius 3 is 2.80 bits per heavy atom. The van der Waals surface area contributed by atoms with E-state index in [4.69, 9.17) is 5.73 Å². The van der Waals surface area contributed by atoms with Crippen LogP contribution in [0.4, 0.5) is 5.95 Å². The van der Waals surface area contributed by atoms with Crippen LogP contribution in [0.5, 0.6) is 0 Å². The molecule has 1 atom stereocenters. The highest BCUT2D eigenvalue weighted by Gasteiger charge is 2.06. The molecule has 0 radical (unpaired) electrons. The molecule has 0 aliphatic heterocycles. The first-order valence-electron chi connectivity index (χ1n) is 5.38. The molecule has 2 N–H and O–H groups in total. The minimum atomic E-state index is 0.208. The van der Waals surface area contributed by atoms with Crippen molar-refractivity contribution in [1.82, 2.24) is 9.97 Å². The zero-order chi connectivity index (χ0) is 11.3. The molecule has 0 amide bonds. The summed E-state index contributed by atoms with van der Waals surface area (Å²) in [6.45, 7) is 2.14. The van der Waals surface area contributed by atoms with E-state index < -0.39 is 0 Å². The summed E-state index contributed by atoms with van der Waals surface area (Å²) in [7, 11) is 3.87. The Morgan fingerprint density at radius 1 is 1.47 bits per heavy atom. The van der Waals surface area contributed by atoms with Crippen molar-refractivity contribution in [3.63, 3.8) is 0 Å². The van der Waals surface area contributed by atoms with Crippen molar-refractivity contribution in [2.75, 3.05) is 19.0 Å². The second kappa shape index (κ2) is 5.66. The fourth-order valence-electron chi connectivity index (χ4n) is 1.46. The van der Waals surface area contributed by atoms with Crippen LogP contribution in [-0.4, -0.2) is 30.1 Å². The minimum Gasteiger partial charge on any atom is -0.347 e. The van der Waals surface area contributed by atoms with Crippen molar-refractivity contribution in [3.05, 3.63) is 18.0 Å². The molecule has 4 heteroatoms. The molecule has 0 saturated heterocycles. The van der Waals surface area contributed by atoms with Gasteiger partial charge >= 0.3 is 0 Å². The van der Waals surface area contributed by atoms with Crippen molar-refractivity contribution >= 4 is 5.95 Å². The van der Waals surface area contributed by atoms with E-state index in [1.165, 1.54) is 0 Å². The first kappa shape index (κ1) is 11.9. The number of nitrogens with zero attached hydrogens (tertiary/aromatic N) is 3. The van der Waals surface area contributed by atoms with Gasteiger partial charge in [0.2, 0.25) is 5.95 Å². The van der Waals surface area contributed by atoms with E-state index in [0.29, 0.717) is 0 Å². The fourth-order valence-corrected chi connectivity index (χ4v) is 1.46. The third kappa shape index (κ3) is 3.83. The quantitative estimate of drug-likeness (QED) is 0.790. The van der Waals surface area contributed by atoms with Gasteiger partial charge in [0.05, 0.1) is 0 Å². The number of nitrogens with two attached hydrogens (primary N) is 1. The van der Waals surface area contributed by atoms with E-state index in [-0.39, 0.29) is 6.04 Å². The van der Waals surface area contributed by atoms with Gasteiger partial charge in [-0.25, -0.2) is 9.97 Å². The van der Waals surface area contributed by atoms with Crippen LogP contribution in [0, 0.1) is 0 Å². The van der Waals surface area contributed by atoms with Crippen LogP contribution in [0.25, 0.3) is 0 Å². The van der Waals surface area contributed by atoms with E-state index in [1.807, 2.05) is 25.1 Å². The maximum atomic E-state index is 5.97. The van der Waals surface area contributed by atoms with Crippen molar-refractivity contribution < 1.29 is 0 Å². The number of hydrogen-bond donors (Lipinski definition) is 1. The van der Waals surface area contributed by atoms with Gasteiger partial charge in [0.25, 0.3) is 0 Å². The SMILES string of the molecule is CCCC(N)Cc1ccnc(N(C)C)n1. The van der Waals surface area contributed by atoms with E-state index in [9.17, 15) is 0 Å². The standard InChI is InChI=1S/C11H20N4/c1-4-5-9(12)8-10-6-7-13-11(14-10)15(2)3/h6-7,9H,4-5,8,12H2,1-3H3. The molecule has 0 fully saturated rings. The number of hydrogen-bond acceptors (Lipinski definition) is 4. The van der Waals surface area contributed by atoms with Crippen molar-refractivity contribution in [3.8, 4) is 0 Å². The maximum absolute atomic E-state index is 5.97. The van der Waals surface area contributed by atoms with Gasteiger partial charge in [-0.2, -0.15) is 0 Å². The monoisotopic (exact) mass is 208 g/mol. The second-order valence-electron chi connectivity index (χ2n) is 4.00. The van der Waals surface area contributed by atoms with Gasteiger partial charge in [0.1, 0.15) is 0 Å². The Kier molecular flexibility index (Phi) is 4.49. The third-order valence-electron chi connectivity index (χ3n) is 2.23. The van der Waals surface area contributed by atoms with Gasteiger partial charge in [-0.1, -0.05) is 13.3 Å². The average molecular weight is 208 g/mol. The normalized spacial score (nSPS) is 12.5. The van der Waals surface area contributed by atoms with Gasteiger partial charge in [0, 0.05) is 38.4 Å². The highest BCUT2D eigenvalue weighted by Crippen LogP contribution is 2.07. The molecule has 0 aliphatic carbocycles. The molecule has 0 aromatic carbocycles. The van der Waals surface area contributed by atoms with Crippen LogP contribution in [0.15, 0.2) is 12.3 Å². The van der Waals surface area contributed by atoms with Gasteiger partial charge in [-0.15, -0.1) is 0 Å². The van der Waals surface area contributed by atoms with E-state index in [0.717, 1.165) is 30.9 Å². The van der Waals surface area contributed by atoms with E-state index in [1.54, 1.807) is 6.20 Å². The van der Waals surface area contributed by atoms with Crippen molar-refractivity contribution in [2.24, 2.45) is 5.73 Å². The van der Waals surface area contributed by atoms with Crippen LogP contribution in [0.1, 0.15) is 25.5 Å². The number of anilines is 1. The summed E-state index contributed by atoms with van der Waals surface area (Å²) in [5, 5.41) is 0. The lowest BCUT2D eigenvalue weighted by Crippen LogP contribution is -2.23. The summed E-state index contributed by atoms with van der Waals surface area (Å²) < 4.78 is 0. The Morgan fingerprint density at radius 2 is 2.20 bits per heavy atom. The molecule has 0 spiro atoms. The molecule has 1 aromatic heterocycles. The zero-order valence-corrected chi connectivity index (χ0v) is 9.77. The molecule has 84 valence electrons. The van der Waals surface area contributed by atoms with Gasteiger partial charge in [0.15, 0.2) is 0 Å². The van der Waals surface area contributed by atoms with E-state index >= 15 is 0 Å². The third-order valence-corrected chi connectivity index (χ3v) is 2.23. The Bertz CT molecular complexity index is 298. The first-order chi connectivity index (χ1) is 7.13. The smallest absolute Gasteiger partial charge is 0.224 e. The molecule has 0 saturated carbocycles. The Hall–Kier alpha value is -1.16. The molecule has 0 aliphatic rings. The first-order valence-corrected chi connectivity index (χ1v) is 5.38. The summed E-state index contributed by atoms with van der Waals surface area (Å²) in [6, 6.07) is 2.14. The van der Waals surface area contributed by atoms with Crippen molar-refractivity contribution in [2.45, 2.75) is 32.2 Å². The Labute approximate surface area is 91.5 Å². The molecule has 1 heterocycles. The molecule has 4 nitrogen and oxygen atoms in total. The topological polar surface area (TPSA) is 55.0 Å². The summed E-state index contributed by atoms with van der Waals surface area (Å²) in [6.07, 6.45) is 4.78. The molecule has 1 rings (SSSR count). The second-order valence-corrected chi connectivity index (χ2v) is 4.00. The molecule has 1 aromatic rings. The average Bonchev–Trinajstić information content (AvgIpc) is 2.18. The van der Waals surface area contributed by atoms with Crippen molar-refractivity contribution in [1.29, 1.82) is 0 Å². The summed E-state index contributed by atoms with van der Waals surface area (Å²) in [5.41, 5.74) is 6.99. The highest BCUT2D eigenvalue weighted by molar-refractivity contribution is 5.27. The molecule has 1 unspecified atom stereocenters. The molecular weight excluding hydrogens is 188 g/mol. The summed E-state index contributed by atoms with van der Waals surface area (Å²) in [4.78, 5) is 10.5. The van der Waals surface area contributed by atoms with Crippen LogP contribution in [0.3, 0.4) is 0 Å². The fraction of sp³-hybridized carbons (Fsp3) is 0.636. The summed E-state index contributed by atoms with van der Waals surface area (Å²) >= 11 is 0. The van der Waals surface area contributed by atoms with Gasteiger partial charge in [-0.05, 0) is 12.5 Å². The highest BCUT2D eigenvalue weighted by atomic mass is 15.2. The molecular formula is C11H20N4. The predicted molar refractivity (Wildman–Crippen MR) is 62.9 cm³/mol. The summed E-state index contributed by atoms with van der Waals surface area (Å²) in [5.74, 6) is 0.746. The molecule has 0 bridgehead atoms. The largest absolute Gasteiger partial charge is 0.347 e. The Balaban J connectivity index is 2.65. The van der Waals surface area contributed by atoms with Crippen LogP contribution in [-0.2, 0) is 6.42 Å². The minimum absolute atomic E-state index is 0.208.